The molecule has 0 aromatic rings. The van der Waals surface area contributed by atoms with Crippen LogP contribution in [0.15, 0.2) is 4.99 Å². The van der Waals surface area contributed by atoms with E-state index in [4.69, 9.17) is 10.7 Å². The van der Waals surface area contributed by atoms with Crippen LogP contribution < -0.4 is 5.73 Å². The number of hydrogen-bond acceptors (Lipinski definition) is 2. The fraction of sp³-hybridized carbons (Fsp3) is 0.909. The summed E-state index contributed by atoms with van der Waals surface area (Å²) in [6, 6.07) is 0.528. The molecule has 2 nitrogen and oxygen atoms in total. The van der Waals surface area contributed by atoms with Gasteiger partial charge in [-0.05, 0) is 31.4 Å². The molecule has 3 heteroatoms. The van der Waals surface area contributed by atoms with Crippen molar-refractivity contribution in [2.45, 2.75) is 50.3 Å². The number of rotatable bonds is 4. The molecule has 2 fully saturated rings. The molecule has 0 amide bonds. The van der Waals surface area contributed by atoms with Gasteiger partial charge >= 0.3 is 0 Å². The van der Waals surface area contributed by atoms with Crippen molar-refractivity contribution in [1.82, 2.24) is 0 Å². The molecule has 0 saturated heterocycles. The minimum Gasteiger partial charge on any atom is -0.387 e. The number of nitrogens with zero attached hydrogens (tertiary/aromatic N) is 1. The zero-order valence-electron chi connectivity index (χ0n) is 8.91. The second-order valence-corrected chi connectivity index (χ2v) is 5.84. The van der Waals surface area contributed by atoms with Gasteiger partial charge in [0.05, 0.1) is 11.9 Å². The van der Waals surface area contributed by atoms with Gasteiger partial charge in [-0.3, -0.25) is 4.99 Å². The van der Waals surface area contributed by atoms with E-state index in [2.05, 4.69) is 18.7 Å². The molecule has 2 rings (SSSR count). The summed E-state index contributed by atoms with van der Waals surface area (Å²) in [7, 11) is 0. The first-order chi connectivity index (χ1) is 6.81. The Balaban J connectivity index is 1.91. The second kappa shape index (κ2) is 4.56. The Morgan fingerprint density at radius 1 is 1.36 bits per heavy atom. The lowest BCUT2D eigenvalue weighted by molar-refractivity contribution is 0.712. The van der Waals surface area contributed by atoms with Crippen molar-refractivity contribution in [2.75, 3.05) is 5.75 Å². The Bertz CT molecular complexity index is 223. The van der Waals surface area contributed by atoms with E-state index >= 15 is 0 Å². The van der Waals surface area contributed by atoms with E-state index in [1.54, 1.807) is 0 Å². The Kier molecular flexibility index (Phi) is 3.37. The third-order valence-corrected chi connectivity index (χ3v) is 4.42. The molecule has 0 spiro atoms. The maximum absolute atomic E-state index is 5.96. The highest BCUT2D eigenvalue weighted by Gasteiger charge is 2.30. The molecule has 80 valence electrons. The standard InChI is InChI=1S/C11H20N2S/c1-2-14-10-5-3-4-9(10)13-11(12)8-6-7-8/h8-10H,2-7H2,1H3,(H2,12,13). The minimum absolute atomic E-state index is 0.528. The summed E-state index contributed by atoms with van der Waals surface area (Å²) in [5.41, 5.74) is 5.96. The van der Waals surface area contributed by atoms with Gasteiger partial charge in [-0.25, -0.2) is 0 Å². The summed E-state index contributed by atoms with van der Waals surface area (Å²) in [5.74, 6) is 2.79. The molecule has 2 N–H and O–H groups in total. The van der Waals surface area contributed by atoms with Crippen LogP contribution in [-0.2, 0) is 0 Å². The highest BCUT2D eigenvalue weighted by molar-refractivity contribution is 7.99. The van der Waals surface area contributed by atoms with Crippen LogP contribution in [0.3, 0.4) is 0 Å². The van der Waals surface area contributed by atoms with Crippen molar-refractivity contribution in [1.29, 1.82) is 0 Å². The molecule has 2 aliphatic rings. The van der Waals surface area contributed by atoms with Gasteiger partial charge in [0.1, 0.15) is 0 Å². The van der Waals surface area contributed by atoms with Gasteiger partial charge in [-0.15, -0.1) is 0 Å². The van der Waals surface area contributed by atoms with E-state index in [0.717, 1.165) is 11.1 Å². The molecule has 2 aliphatic carbocycles. The van der Waals surface area contributed by atoms with Crippen LogP contribution in [0.5, 0.6) is 0 Å². The maximum Gasteiger partial charge on any atom is 0.0972 e. The fourth-order valence-electron chi connectivity index (χ4n) is 2.14. The van der Waals surface area contributed by atoms with Crippen LogP contribution in [0, 0.1) is 5.92 Å². The average molecular weight is 212 g/mol. The zero-order chi connectivity index (χ0) is 9.97. The molecule has 2 atom stereocenters. The van der Waals surface area contributed by atoms with Crippen LogP contribution >= 0.6 is 11.8 Å². The first-order valence-corrected chi connectivity index (χ1v) is 6.81. The average Bonchev–Trinajstić information content (AvgIpc) is 2.93. The molecular weight excluding hydrogens is 192 g/mol. The molecule has 0 heterocycles. The van der Waals surface area contributed by atoms with E-state index in [0.29, 0.717) is 12.0 Å². The van der Waals surface area contributed by atoms with Crippen molar-refractivity contribution < 1.29 is 0 Å². The summed E-state index contributed by atoms with van der Waals surface area (Å²) in [4.78, 5) is 4.71. The first-order valence-electron chi connectivity index (χ1n) is 5.76. The third-order valence-electron chi connectivity index (χ3n) is 3.11. The summed E-state index contributed by atoms with van der Waals surface area (Å²) >= 11 is 2.06. The van der Waals surface area contributed by atoms with Crippen LogP contribution in [0.2, 0.25) is 0 Å². The van der Waals surface area contributed by atoms with E-state index in [1.807, 2.05) is 0 Å². The highest BCUT2D eigenvalue weighted by Crippen LogP contribution is 2.34. The van der Waals surface area contributed by atoms with Gasteiger partial charge < -0.3 is 5.73 Å². The summed E-state index contributed by atoms with van der Waals surface area (Å²) in [5, 5.41) is 0.747. The summed E-state index contributed by atoms with van der Waals surface area (Å²) in [6.07, 6.45) is 6.47. The lowest BCUT2D eigenvalue weighted by Gasteiger charge is -2.15. The van der Waals surface area contributed by atoms with Crippen molar-refractivity contribution >= 4 is 17.6 Å². The normalized spacial score (nSPS) is 33.6. The number of thioether (sulfide) groups is 1. The maximum atomic E-state index is 5.96. The number of nitrogens with two attached hydrogens (primary N) is 1. The molecule has 0 radical (unpaired) electrons. The first kappa shape index (κ1) is 10.3. The predicted octanol–water partition coefficient (Wildman–Crippen LogP) is 2.43. The highest BCUT2D eigenvalue weighted by atomic mass is 32.2. The fourth-order valence-corrected chi connectivity index (χ4v) is 3.32. The van der Waals surface area contributed by atoms with E-state index < -0.39 is 0 Å². The molecule has 0 aromatic heterocycles. The molecular formula is C11H20N2S. The van der Waals surface area contributed by atoms with E-state index in [-0.39, 0.29) is 0 Å². The smallest absolute Gasteiger partial charge is 0.0972 e. The molecule has 2 saturated carbocycles. The Morgan fingerprint density at radius 3 is 2.79 bits per heavy atom. The molecule has 14 heavy (non-hydrogen) atoms. The zero-order valence-corrected chi connectivity index (χ0v) is 9.72. The van der Waals surface area contributed by atoms with Gasteiger partial charge in [-0.1, -0.05) is 13.3 Å². The van der Waals surface area contributed by atoms with Crippen LogP contribution in [0.25, 0.3) is 0 Å². The van der Waals surface area contributed by atoms with Gasteiger partial charge in [0.15, 0.2) is 0 Å². The second-order valence-electron chi connectivity index (χ2n) is 4.32. The molecule has 0 bridgehead atoms. The van der Waals surface area contributed by atoms with Crippen LogP contribution in [0.1, 0.15) is 39.0 Å². The van der Waals surface area contributed by atoms with Crippen molar-refractivity contribution in [3.8, 4) is 0 Å². The summed E-state index contributed by atoms with van der Waals surface area (Å²) < 4.78 is 0. The van der Waals surface area contributed by atoms with E-state index in [1.165, 1.54) is 37.9 Å². The lowest BCUT2D eigenvalue weighted by Crippen LogP contribution is -2.22. The van der Waals surface area contributed by atoms with Crippen LogP contribution in [0.4, 0.5) is 0 Å². The van der Waals surface area contributed by atoms with Gasteiger partial charge in [-0.2, -0.15) is 11.8 Å². The lowest BCUT2D eigenvalue weighted by atomic mass is 10.2. The SMILES string of the molecule is CCSC1CCCC1N=C(N)C1CC1. The van der Waals surface area contributed by atoms with Crippen molar-refractivity contribution in [3.63, 3.8) is 0 Å². The van der Waals surface area contributed by atoms with Gasteiger partial charge in [0.2, 0.25) is 0 Å². The molecule has 0 aromatic carbocycles. The van der Waals surface area contributed by atoms with E-state index in [9.17, 15) is 0 Å². The number of aliphatic imine (C=N–C) groups is 1. The third kappa shape index (κ3) is 2.44. The monoisotopic (exact) mass is 212 g/mol. The minimum atomic E-state index is 0.528. The Labute approximate surface area is 90.7 Å². The summed E-state index contributed by atoms with van der Waals surface area (Å²) in [6.45, 7) is 2.23. The topological polar surface area (TPSA) is 38.4 Å². The quantitative estimate of drug-likeness (QED) is 0.574. The van der Waals surface area contributed by atoms with Crippen LogP contribution in [-0.4, -0.2) is 22.9 Å². The van der Waals surface area contributed by atoms with Gasteiger partial charge in [0.25, 0.3) is 0 Å². The Hall–Kier alpha value is -0.180. The Morgan fingerprint density at radius 2 is 2.14 bits per heavy atom. The number of hydrogen-bond donors (Lipinski definition) is 1. The predicted molar refractivity (Wildman–Crippen MR) is 63.9 cm³/mol. The van der Waals surface area contributed by atoms with Crippen molar-refractivity contribution in [3.05, 3.63) is 0 Å². The molecule has 2 unspecified atom stereocenters. The number of amidine groups is 1. The van der Waals surface area contributed by atoms with Gasteiger partial charge in [0, 0.05) is 11.2 Å². The molecule has 0 aliphatic heterocycles. The largest absolute Gasteiger partial charge is 0.387 e. The van der Waals surface area contributed by atoms with Crippen molar-refractivity contribution in [2.24, 2.45) is 16.6 Å².